The normalized spacial score (nSPS) is 13.8. The summed E-state index contributed by atoms with van der Waals surface area (Å²) in [6.45, 7) is 0. The highest BCUT2D eigenvalue weighted by Crippen LogP contribution is 2.31. The number of nitrogens with zero attached hydrogens (tertiary/aromatic N) is 1. The van der Waals surface area contributed by atoms with E-state index in [4.69, 9.17) is 9.84 Å². The molecule has 0 amide bonds. The van der Waals surface area contributed by atoms with Crippen LogP contribution in [0.1, 0.15) is 11.8 Å². The molecule has 0 radical (unpaired) electrons. The van der Waals surface area contributed by atoms with Crippen molar-refractivity contribution in [3.05, 3.63) is 24.0 Å². The molecule has 0 spiro atoms. The quantitative estimate of drug-likeness (QED) is 0.802. The molecule has 0 bridgehead atoms. The largest absolute Gasteiger partial charge is 0.495 e. The van der Waals surface area contributed by atoms with Gasteiger partial charge in [-0.15, -0.1) is 0 Å². The van der Waals surface area contributed by atoms with Gasteiger partial charge in [0.1, 0.15) is 5.75 Å². The number of methoxy groups -OCH3 is 1. The van der Waals surface area contributed by atoms with E-state index < -0.39 is 18.0 Å². The van der Waals surface area contributed by atoms with Crippen molar-refractivity contribution in [3.63, 3.8) is 0 Å². The molecule has 0 aliphatic rings. The average molecular weight is 207 g/mol. The molecule has 1 aromatic rings. The summed E-state index contributed by atoms with van der Waals surface area (Å²) in [6.07, 6.45) is -6.13. The molecule has 1 heterocycles. The van der Waals surface area contributed by atoms with Crippen LogP contribution in [0.5, 0.6) is 5.75 Å². The number of pyridine rings is 1. The van der Waals surface area contributed by atoms with E-state index in [0.717, 1.165) is 12.3 Å². The summed E-state index contributed by atoms with van der Waals surface area (Å²) in [5.41, 5.74) is -0.446. The first kappa shape index (κ1) is 10.8. The number of aromatic nitrogens is 1. The van der Waals surface area contributed by atoms with Gasteiger partial charge in [-0.3, -0.25) is 4.98 Å². The minimum Gasteiger partial charge on any atom is -0.495 e. The van der Waals surface area contributed by atoms with Gasteiger partial charge in [-0.2, -0.15) is 13.2 Å². The van der Waals surface area contributed by atoms with Gasteiger partial charge in [0, 0.05) is 0 Å². The average Bonchev–Trinajstić information content (AvgIpc) is 2.15. The van der Waals surface area contributed by atoms with E-state index in [-0.39, 0.29) is 0 Å². The van der Waals surface area contributed by atoms with Gasteiger partial charge in [0.05, 0.1) is 19.0 Å². The van der Waals surface area contributed by atoms with E-state index in [2.05, 4.69) is 4.98 Å². The van der Waals surface area contributed by atoms with Crippen LogP contribution in [0.15, 0.2) is 18.3 Å². The molecule has 6 heteroatoms. The molecule has 1 atom stereocenters. The molecule has 3 nitrogen and oxygen atoms in total. The molecule has 0 saturated carbocycles. The van der Waals surface area contributed by atoms with E-state index in [9.17, 15) is 13.2 Å². The van der Waals surface area contributed by atoms with Gasteiger partial charge in [-0.25, -0.2) is 0 Å². The fourth-order valence-corrected chi connectivity index (χ4v) is 0.842. The van der Waals surface area contributed by atoms with Gasteiger partial charge >= 0.3 is 6.18 Å². The zero-order valence-corrected chi connectivity index (χ0v) is 7.25. The van der Waals surface area contributed by atoms with E-state index in [0.29, 0.717) is 5.75 Å². The second-order valence-corrected chi connectivity index (χ2v) is 2.57. The highest BCUT2D eigenvalue weighted by Gasteiger charge is 2.40. The predicted octanol–water partition coefficient (Wildman–Crippen LogP) is 1.69. The summed E-state index contributed by atoms with van der Waals surface area (Å²) in [7, 11) is 1.37. The molecule has 1 rings (SSSR count). The molecule has 0 fully saturated rings. The van der Waals surface area contributed by atoms with Crippen molar-refractivity contribution >= 4 is 0 Å². The smallest absolute Gasteiger partial charge is 0.420 e. The maximum absolute atomic E-state index is 12.0. The fourth-order valence-electron chi connectivity index (χ4n) is 0.842. The molecule has 1 N–H and O–H groups in total. The van der Waals surface area contributed by atoms with Crippen molar-refractivity contribution < 1.29 is 23.0 Å². The maximum atomic E-state index is 12.0. The Labute approximate surface area is 78.2 Å². The van der Waals surface area contributed by atoms with Crippen LogP contribution < -0.4 is 4.74 Å². The Morgan fingerprint density at radius 3 is 2.43 bits per heavy atom. The van der Waals surface area contributed by atoms with Crippen LogP contribution in [-0.2, 0) is 0 Å². The van der Waals surface area contributed by atoms with Gasteiger partial charge in [0.2, 0.25) is 0 Å². The number of halogens is 3. The molecule has 0 unspecified atom stereocenters. The monoisotopic (exact) mass is 207 g/mol. The third kappa shape index (κ3) is 2.35. The number of rotatable bonds is 2. The van der Waals surface area contributed by atoms with Crippen LogP contribution in [0.25, 0.3) is 0 Å². The minimum absolute atomic E-state index is 0.336. The van der Waals surface area contributed by atoms with E-state index >= 15 is 0 Å². The van der Waals surface area contributed by atoms with Gasteiger partial charge in [0.25, 0.3) is 0 Å². The lowest BCUT2D eigenvalue weighted by molar-refractivity contribution is -0.207. The maximum Gasteiger partial charge on any atom is 0.420 e. The lowest BCUT2D eigenvalue weighted by atomic mass is 10.2. The Kier molecular flexibility index (Phi) is 2.95. The zero-order valence-electron chi connectivity index (χ0n) is 7.25. The second-order valence-electron chi connectivity index (χ2n) is 2.57. The van der Waals surface area contributed by atoms with Crippen molar-refractivity contribution in [1.29, 1.82) is 0 Å². The third-order valence-electron chi connectivity index (χ3n) is 1.59. The Morgan fingerprint density at radius 2 is 2.07 bits per heavy atom. The van der Waals surface area contributed by atoms with E-state index in [1.165, 1.54) is 13.2 Å². The lowest BCUT2D eigenvalue weighted by Crippen LogP contribution is -2.21. The van der Waals surface area contributed by atoms with Crippen LogP contribution in [0.4, 0.5) is 13.2 Å². The fraction of sp³-hybridized carbons (Fsp3) is 0.375. The molecule has 0 aliphatic carbocycles. The SMILES string of the molecule is COc1ccc([C@@H](O)C(F)(F)F)nc1. The topological polar surface area (TPSA) is 42.4 Å². The molecule has 0 aromatic carbocycles. The van der Waals surface area contributed by atoms with Gasteiger partial charge in [0.15, 0.2) is 6.10 Å². The van der Waals surface area contributed by atoms with Crippen LogP contribution in [0.3, 0.4) is 0 Å². The molecular weight excluding hydrogens is 199 g/mol. The molecule has 1 aromatic heterocycles. The molecule has 0 aliphatic heterocycles. The van der Waals surface area contributed by atoms with E-state index in [1.54, 1.807) is 0 Å². The molecular formula is C8H8F3NO2. The number of aliphatic hydroxyl groups excluding tert-OH is 1. The van der Waals surface area contributed by atoms with Crippen LogP contribution in [0.2, 0.25) is 0 Å². The van der Waals surface area contributed by atoms with E-state index in [1.807, 2.05) is 0 Å². The van der Waals surface area contributed by atoms with Crippen molar-refractivity contribution in [3.8, 4) is 5.75 Å². The van der Waals surface area contributed by atoms with Crippen LogP contribution >= 0.6 is 0 Å². The van der Waals surface area contributed by atoms with Crippen molar-refractivity contribution in [2.24, 2.45) is 0 Å². The van der Waals surface area contributed by atoms with Crippen LogP contribution in [-0.4, -0.2) is 23.4 Å². The summed E-state index contributed by atoms with van der Waals surface area (Å²) >= 11 is 0. The minimum atomic E-state index is -4.69. The standard InChI is InChI=1S/C8H8F3NO2/c1-14-5-2-3-6(12-4-5)7(13)8(9,10)11/h2-4,7,13H,1H3/t7-/m1/s1. The summed E-state index contributed by atoms with van der Waals surface area (Å²) in [5, 5.41) is 8.79. The molecule has 14 heavy (non-hydrogen) atoms. The first-order valence-corrected chi connectivity index (χ1v) is 3.70. The lowest BCUT2D eigenvalue weighted by Gasteiger charge is -2.13. The van der Waals surface area contributed by atoms with Gasteiger partial charge in [-0.05, 0) is 12.1 Å². The second kappa shape index (κ2) is 3.83. The highest BCUT2D eigenvalue weighted by molar-refractivity contribution is 5.21. The zero-order chi connectivity index (χ0) is 10.8. The number of alkyl halides is 3. The number of hydrogen-bond acceptors (Lipinski definition) is 3. The summed E-state index contributed by atoms with van der Waals surface area (Å²) in [4.78, 5) is 3.42. The summed E-state index contributed by atoms with van der Waals surface area (Å²) in [6, 6.07) is 2.37. The Morgan fingerprint density at radius 1 is 1.43 bits per heavy atom. The van der Waals surface area contributed by atoms with Crippen molar-refractivity contribution in [2.75, 3.05) is 7.11 Å². The Balaban J connectivity index is 2.87. The first-order chi connectivity index (χ1) is 6.45. The summed E-state index contributed by atoms with van der Waals surface area (Å²) < 4.78 is 40.7. The number of hydrogen-bond donors (Lipinski definition) is 1. The van der Waals surface area contributed by atoms with Gasteiger partial charge < -0.3 is 9.84 Å². The first-order valence-electron chi connectivity index (χ1n) is 3.70. The highest BCUT2D eigenvalue weighted by atomic mass is 19.4. The number of aliphatic hydroxyl groups is 1. The number of ether oxygens (including phenoxy) is 1. The van der Waals surface area contributed by atoms with Crippen LogP contribution in [0, 0.1) is 0 Å². The van der Waals surface area contributed by atoms with Crippen molar-refractivity contribution in [1.82, 2.24) is 4.98 Å². The van der Waals surface area contributed by atoms with Crippen molar-refractivity contribution in [2.45, 2.75) is 12.3 Å². The van der Waals surface area contributed by atoms with Gasteiger partial charge in [-0.1, -0.05) is 0 Å². The Bertz CT molecular complexity index is 296. The third-order valence-corrected chi connectivity index (χ3v) is 1.59. The molecule has 0 saturated heterocycles. The predicted molar refractivity (Wildman–Crippen MR) is 41.8 cm³/mol. The summed E-state index contributed by atoms with van der Waals surface area (Å²) in [5.74, 6) is 0.336. The Hall–Kier alpha value is -1.30. The molecule has 78 valence electrons.